The summed E-state index contributed by atoms with van der Waals surface area (Å²) < 4.78 is 16.3. The number of ether oxygens (including phenoxy) is 3. The number of ketones is 1. The lowest BCUT2D eigenvalue weighted by molar-refractivity contribution is 0.0416. The zero-order valence-electron chi connectivity index (χ0n) is 14.6. The maximum atomic E-state index is 12.6. The van der Waals surface area contributed by atoms with E-state index in [2.05, 4.69) is 0 Å². The van der Waals surface area contributed by atoms with Crippen LogP contribution >= 0.6 is 23.2 Å². The molecular formula is C20H15Cl2NO5. The summed E-state index contributed by atoms with van der Waals surface area (Å²) in [6.45, 7) is 1.92. The highest BCUT2D eigenvalue weighted by molar-refractivity contribution is 6.37. The number of halogens is 2. The molecule has 0 aliphatic carbocycles. The average molecular weight is 420 g/mol. The van der Waals surface area contributed by atoms with Crippen molar-refractivity contribution in [2.75, 3.05) is 26.3 Å². The molecule has 0 spiro atoms. The second kappa shape index (κ2) is 7.83. The summed E-state index contributed by atoms with van der Waals surface area (Å²) in [6, 6.07) is 9.71. The van der Waals surface area contributed by atoms with E-state index in [1.165, 1.54) is 12.1 Å². The summed E-state index contributed by atoms with van der Waals surface area (Å²) in [6.07, 6.45) is 1.04. The van der Waals surface area contributed by atoms with Crippen LogP contribution in [0.15, 0.2) is 42.2 Å². The van der Waals surface area contributed by atoms with Crippen LogP contribution in [0.1, 0.15) is 15.9 Å². The maximum Gasteiger partial charge on any atom is 0.415 e. The quantitative estimate of drug-likeness (QED) is 0.673. The van der Waals surface area contributed by atoms with Crippen molar-refractivity contribution >= 4 is 41.2 Å². The minimum atomic E-state index is -0.466. The van der Waals surface area contributed by atoms with Crippen molar-refractivity contribution in [2.24, 2.45) is 0 Å². The molecule has 144 valence electrons. The van der Waals surface area contributed by atoms with E-state index in [-0.39, 0.29) is 11.5 Å². The first-order chi connectivity index (χ1) is 13.5. The fourth-order valence-corrected chi connectivity index (χ4v) is 3.43. The van der Waals surface area contributed by atoms with Crippen molar-refractivity contribution in [2.45, 2.75) is 0 Å². The molecule has 2 aromatic rings. The summed E-state index contributed by atoms with van der Waals surface area (Å²) in [5.74, 6) is 0.408. The number of rotatable bonds is 2. The monoisotopic (exact) mass is 419 g/mol. The average Bonchev–Trinajstić information content (AvgIpc) is 3.00. The lowest BCUT2D eigenvalue weighted by atomic mass is 10.1. The first-order valence-corrected chi connectivity index (χ1v) is 9.35. The molecule has 0 saturated carbocycles. The molecule has 0 atom stereocenters. The van der Waals surface area contributed by atoms with Crippen molar-refractivity contribution in [3.05, 3.63) is 63.3 Å². The van der Waals surface area contributed by atoms with E-state index in [4.69, 9.17) is 37.4 Å². The maximum absolute atomic E-state index is 12.6. The highest BCUT2D eigenvalue weighted by Crippen LogP contribution is 2.36. The number of amides is 1. The van der Waals surface area contributed by atoms with Gasteiger partial charge in [0, 0.05) is 34.8 Å². The predicted molar refractivity (Wildman–Crippen MR) is 104 cm³/mol. The number of benzene rings is 2. The number of fused-ring (bicyclic) bond motifs is 1. The van der Waals surface area contributed by atoms with E-state index >= 15 is 0 Å². The zero-order valence-corrected chi connectivity index (χ0v) is 16.1. The minimum absolute atomic E-state index is 0.0988. The van der Waals surface area contributed by atoms with Gasteiger partial charge < -0.3 is 19.1 Å². The van der Waals surface area contributed by atoms with Gasteiger partial charge >= 0.3 is 6.09 Å². The molecule has 0 radical (unpaired) electrons. The van der Waals surface area contributed by atoms with Gasteiger partial charge in [0.2, 0.25) is 5.78 Å². The Balaban J connectivity index is 1.54. The predicted octanol–water partition coefficient (Wildman–Crippen LogP) is 4.44. The molecule has 4 rings (SSSR count). The van der Waals surface area contributed by atoms with Gasteiger partial charge in [-0.25, -0.2) is 4.79 Å². The van der Waals surface area contributed by atoms with Crippen LogP contribution in [0.25, 0.3) is 6.08 Å². The van der Waals surface area contributed by atoms with Crippen LogP contribution in [0, 0.1) is 0 Å². The van der Waals surface area contributed by atoms with Gasteiger partial charge in [0.05, 0.1) is 18.8 Å². The first-order valence-electron chi connectivity index (χ1n) is 8.60. The molecule has 6 nitrogen and oxygen atoms in total. The van der Waals surface area contributed by atoms with Crippen LogP contribution in [0.3, 0.4) is 0 Å². The molecule has 2 aromatic carbocycles. The first kappa shape index (κ1) is 18.8. The van der Waals surface area contributed by atoms with Gasteiger partial charge in [-0.3, -0.25) is 4.79 Å². The minimum Gasteiger partial charge on any atom is -0.452 e. The fraction of sp³-hybridized carbons (Fsp3) is 0.200. The van der Waals surface area contributed by atoms with Crippen LogP contribution in [0.5, 0.6) is 11.5 Å². The Morgan fingerprint density at radius 2 is 1.82 bits per heavy atom. The molecule has 2 aliphatic heterocycles. The number of hydrogen-bond donors (Lipinski definition) is 0. The Hall–Kier alpha value is -2.54. The number of Topliss-reactive ketones (excluding diaryl/α,β-unsaturated/α-hetero) is 1. The molecule has 0 bridgehead atoms. The van der Waals surface area contributed by atoms with E-state index in [1.807, 2.05) is 0 Å². The Labute approximate surface area is 171 Å². The Morgan fingerprint density at radius 1 is 1.11 bits per heavy atom. The highest BCUT2D eigenvalue weighted by Gasteiger charge is 2.29. The molecule has 8 heteroatoms. The van der Waals surface area contributed by atoms with Crippen LogP contribution in [0.4, 0.5) is 4.79 Å². The second-order valence-corrected chi connectivity index (χ2v) is 7.01. The molecule has 28 heavy (non-hydrogen) atoms. The Kier molecular flexibility index (Phi) is 5.26. The number of carbonyl (C=O) groups is 2. The van der Waals surface area contributed by atoms with Gasteiger partial charge in [-0.2, -0.15) is 0 Å². The molecule has 1 fully saturated rings. The zero-order chi connectivity index (χ0) is 19.7. The smallest absolute Gasteiger partial charge is 0.415 e. The van der Waals surface area contributed by atoms with Gasteiger partial charge in [0.1, 0.15) is 11.5 Å². The summed E-state index contributed by atoms with van der Waals surface area (Å²) >= 11 is 12.3. The summed E-state index contributed by atoms with van der Waals surface area (Å²) in [5, 5.41) is 0.819. The molecule has 1 amide bonds. The fourth-order valence-electron chi connectivity index (χ4n) is 2.92. The third-order valence-electron chi connectivity index (χ3n) is 4.39. The summed E-state index contributed by atoms with van der Waals surface area (Å²) in [7, 11) is 0. The van der Waals surface area contributed by atoms with Gasteiger partial charge in [-0.05, 0) is 30.3 Å². The normalized spacial score (nSPS) is 17.4. The van der Waals surface area contributed by atoms with Crippen molar-refractivity contribution < 1.29 is 23.8 Å². The number of morpholine rings is 1. The summed E-state index contributed by atoms with van der Waals surface area (Å²) in [5.41, 5.74) is 0.876. The van der Waals surface area contributed by atoms with Crippen LogP contribution in [-0.4, -0.2) is 43.1 Å². The van der Waals surface area contributed by atoms with E-state index < -0.39 is 6.09 Å². The van der Waals surface area contributed by atoms with Crippen LogP contribution in [-0.2, 0) is 4.74 Å². The van der Waals surface area contributed by atoms with Crippen molar-refractivity contribution in [3.63, 3.8) is 0 Å². The topological polar surface area (TPSA) is 65.1 Å². The van der Waals surface area contributed by atoms with Gasteiger partial charge in [-0.1, -0.05) is 29.3 Å². The van der Waals surface area contributed by atoms with Gasteiger partial charge in [0.15, 0.2) is 5.76 Å². The number of allylic oxidation sites excluding steroid dienone is 1. The van der Waals surface area contributed by atoms with Gasteiger partial charge in [-0.15, -0.1) is 0 Å². The van der Waals surface area contributed by atoms with Crippen molar-refractivity contribution in [1.29, 1.82) is 0 Å². The Bertz CT molecular complexity index is 962. The van der Waals surface area contributed by atoms with E-state index in [1.54, 1.807) is 35.2 Å². The molecular weight excluding hydrogens is 405 g/mol. The number of nitrogens with zero attached hydrogens (tertiary/aromatic N) is 1. The van der Waals surface area contributed by atoms with Crippen LogP contribution in [0.2, 0.25) is 10.0 Å². The number of carbonyl (C=O) groups excluding carboxylic acids is 2. The highest BCUT2D eigenvalue weighted by atomic mass is 35.5. The molecule has 0 N–H and O–H groups in total. The van der Waals surface area contributed by atoms with E-state index in [0.29, 0.717) is 59.0 Å². The Morgan fingerprint density at radius 3 is 2.54 bits per heavy atom. The van der Waals surface area contributed by atoms with Crippen LogP contribution < -0.4 is 9.47 Å². The van der Waals surface area contributed by atoms with Gasteiger partial charge in [0.25, 0.3) is 0 Å². The third-order valence-corrected chi connectivity index (χ3v) is 5.05. The number of hydrogen-bond acceptors (Lipinski definition) is 5. The summed E-state index contributed by atoms with van der Waals surface area (Å²) in [4.78, 5) is 26.4. The largest absolute Gasteiger partial charge is 0.452 e. The standard InChI is InChI=1S/C20H15Cl2NO5/c21-15-2-1-3-16(22)14(15)11-18-19(24)13-5-4-12(10-17(13)28-18)27-20(25)23-6-8-26-9-7-23/h1-5,10-11H,6-9H2/b18-11+. The third kappa shape index (κ3) is 3.71. The molecule has 1 saturated heterocycles. The van der Waals surface area contributed by atoms with Crippen molar-refractivity contribution in [1.82, 2.24) is 4.90 Å². The molecule has 0 unspecified atom stereocenters. The SMILES string of the molecule is O=C1/C(=C\c2c(Cl)cccc2Cl)Oc2cc(OC(=O)N3CCOCC3)ccc21. The molecule has 2 heterocycles. The molecule has 0 aromatic heterocycles. The van der Waals surface area contributed by atoms with E-state index in [0.717, 1.165) is 0 Å². The van der Waals surface area contributed by atoms with Crippen molar-refractivity contribution in [3.8, 4) is 11.5 Å². The lowest BCUT2D eigenvalue weighted by Gasteiger charge is -2.25. The molecule has 2 aliphatic rings. The lowest BCUT2D eigenvalue weighted by Crippen LogP contribution is -2.42. The second-order valence-electron chi connectivity index (χ2n) is 6.20. The van der Waals surface area contributed by atoms with E-state index in [9.17, 15) is 9.59 Å².